The fraction of sp³-hybridized carbons (Fsp3) is 0.273. The van der Waals surface area contributed by atoms with Gasteiger partial charge in [0.1, 0.15) is 5.82 Å². The van der Waals surface area contributed by atoms with Crippen LogP contribution in [0.1, 0.15) is 5.56 Å². The molecule has 0 bridgehead atoms. The summed E-state index contributed by atoms with van der Waals surface area (Å²) >= 11 is 0. The van der Waals surface area contributed by atoms with E-state index in [-0.39, 0.29) is 13.2 Å². The molecule has 0 fully saturated rings. The van der Waals surface area contributed by atoms with Gasteiger partial charge in [-0.05, 0) is 30.7 Å². The number of aliphatic hydroxyl groups excluding tert-OH is 1. The molecule has 1 aromatic rings. The highest BCUT2D eigenvalue weighted by molar-refractivity contribution is 6.39. The van der Waals surface area contributed by atoms with E-state index in [1.165, 1.54) is 18.2 Å². The first-order valence-electron chi connectivity index (χ1n) is 5.01. The Labute approximate surface area is 97.6 Å². The van der Waals surface area contributed by atoms with E-state index in [0.717, 1.165) is 0 Å². The molecule has 0 aliphatic rings. The molecular formula is C11H13FN2O3. The van der Waals surface area contributed by atoms with E-state index in [0.29, 0.717) is 11.3 Å². The molecular weight excluding hydrogens is 227 g/mol. The molecule has 5 nitrogen and oxygen atoms in total. The van der Waals surface area contributed by atoms with Gasteiger partial charge in [-0.1, -0.05) is 0 Å². The lowest BCUT2D eigenvalue weighted by Gasteiger charge is -2.08. The number of amides is 2. The summed E-state index contributed by atoms with van der Waals surface area (Å²) in [6.45, 7) is 1.38. The molecule has 0 saturated carbocycles. The molecule has 1 rings (SSSR count). The topological polar surface area (TPSA) is 78.4 Å². The van der Waals surface area contributed by atoms with Crippen LogP contribution >= 0.6 is 0 Å². The number of aryl methyl sites for hydroxylation is 1. The van der Waals surface area contributed by atoms with Gasteiger partial charge in [0.15, 0.2) is 0 Å². The van der Waals surface area contributed by atoms with E-state index >= 15 is 0 Å². The maximum atomic E-state index is 12.8. The lowest BCUT2D eigenvalue weighted by atomic mass is 10.2. The Morgan fingerprint density at radius 2 is 2.06 bits per heavy atom. The Hall–Kier alpha value is -1.95. The Bertz CT molecular complexity index is 435. The fourth-order valence-corrected chi connectivity index (χ4v) is 1.20. The Kier molecular flexibility index (Phi) is 4.59. The van der Waals surface area contributed by atoms with Gasteiger partial charge in [-0.15, -0.1) is 0 Å². The molecule has 0 heterocycles. The molecule has 17 heavy (non-hydrogen) atoms. The van der Waals surface area contributed by atoms with Crippen LogP contribution in [0.25, 0.3) is 0 Å². The maximum absolute atomic E-state index is 12.8. The first-order chi connectivity index (χ1) is 8.04. The number of carbonyl (C=O) groups excluding carboxylic acids is 2. The van der Waals surface area contributed by atoms with Crippen molar-refractivity contribution in [3.8, 4) is 0 Å². The minimum absolute atomic E-state index is 0.00858. The van der Waals surface area contributed by atoms with Gasteiger partial charge in [-0.25, -0.2) is 4.39 Å². The van der Waals surface area contributed by atoms with Gasteiger partial charge in [-0.3, -0.25) is 9.59 Å². The summed E-state index contributed by atoms with van der Waals surface area (Å²) in [4.78, 5) is 22.5. The van der Waals surface area contributed by atoms with Crippen molar-refractivity contribution in [3.05, 3.63) is 29.6 Å². The first kappa shape index (κ1) is 13.1. The van der Waals surface area contributed by atoms with E-state index in [1.807, 2.05) is 0 Å². The Morgan fingerprint density at radius 3 is 2.65 bits per heavy atom. The second kappa shape index (κ2) is 5.95. The third kappa shape index (κ3) is 3.84. The Balaban J connectivity index is 2.64. The number of nitrogens with one attached hydrogen (secondary N) is 2. The standard InChI is InChI=1S/C11H13FN2O3/c1-7-6-8(12)2-3-9(7)14-11(17)10(16)13-4-5-15/h2-3,6,15H,4-5H2,1H3,(H,13,16)(H,14,17). The summed E-state index contributed by atoms with van der Waals surface area (Å²) in [5.41, 5.74) is 0.892. The van der Waals surface area contributed by atoms with Crippen LogP contribution < -0.4 is 10.6 Å². The van der Waals surface area contributed by atoms with Crippen molar-refractivity contribution in [2.24, 2.45) is 0 Å². The van der Waals surface area contributed by atoms with Crippen LogP contribution in [0.5, 0.6) is 0 Å². The summed E-state index contributed by atoms with van der Waals surface area (Å²) < 4.78 is 12.8. The molecule has 2 amide bonds. The van der Waals surface area contributed by atoms with Crippen LogP contribution in [-0.2, 0) is 9.59 Å². The van der Waals surface area contributed by atoms with Gasteiger partial charge < -0.3 is 15.7 Å². The summed E-state index contributed by atoms with van der Waals surface area (Å²) in [6.07, 6.45) is 0. The second-order valence-electron chi connectivity index (χ2n) is 3.39. The SMILES string of the molecule is Cc1cc(F)ccc1NC(=O)C(=O)NCCO. The number of rotatable bonds is 3. The van der Waals surface area contributed by atoms with E-state index < -0.39 is 17.6 Å². The van der Waals surface area contributed by atoms with Crippen LogP contribution in [-0.4, -0.2) is 30.1 Å². The Morgan fingerprint density at radius 1 is 1.35 bits per heavy atom. The van der Waals surface area contributed by atoms with Gasteiger partial charge >= 0.3 is 11.8 Å². The molecule has 92 valence electrons. The molecule has 0 spiro atoms. The highest BCUT2D eigenvalue weighted by atomic mass is 19.1. The number of benzene rings is 1. The van der Waals surface area contributed by atoms with Gasteiger partial charge in [0, 0.05) is 12.2 Å². The smallest absolute Gasteiger partial charge is 0.313 e. The molecule has 0 radical (unpaired) electrons. The molecule has 3 N–H and O–H groups in total. The van der Waals surface area contributed by atoms with Crippen molar-refractivity contribution in [3.63, 3.8) is 0 Å². The molecule has 0 aromatic heterocycles. The van der Waals surface area contributed by atoms with Crippen LogP contribution in [0, 0.1) is 12.7 Å². The predicted molar refractivity (Wildman–Crippen MR) is 59.9 cm³/mol. The lowest BCUT2D eigenvalue weighted by molar-refractivity contribution is -0.136. The van der Waals surface area contributed by atoms with E-state index in [4.69, 9.17) is 5.11 Å². The highest BCUT2D eigenvalue weighted by Crippen LogP contribution is 2.15. The molecule has 1 aromatic carbocycles. The summed E-state index contributed by atoms with van der Waals surface area (Å²) in [6, 6.07) is 3.82. The van der Waals surface area contributed by atoms with Crippen molar-refractivity contribution in [1.29, 1.82) is 0 Å². The zero-order chi connectivity index (χ0) is 12.8. The molecule has 0 unspecified atom stereocenters. The number of hydrogen-bond donors (Lipinski definition) is 3. The molecule has 0 aliphatic heterocycles. The summed E-state index contributed by atoms with van der Waals surface area (Å²) in [5, 5.41) is 13.0. The van der Waals surface area contributed by atoms with Crippen molar-refractivity contribution in [2.45, 2.75) is 6.92 Å². The van der Waals surface area contributed by atoms with Gasteiger partial charge in [0.05, 0.1) is 6.61 Å². The van der Waals surface area contributed by atoms with E-state index in [1.54, 1.807) is 6.92 Å². The number of hydrogen-bond acceptors (Lipinski definition) is 3. The first-order valence-corrected chi connectivity index (χ1v) is 5.01. The van der Waals surface area contributed by atoms with Gasteiger partial charge in [0.2, 0.25) is 0 Å². The third-order valence-electron chi connectivity index (χ3n) is 2.04. The second-order valence-corrected chi connectivity index (χ2v) is 3.39. The van der Waals surface area contributed by atoms with Crippen LogP contribution in [0.2, 0.25) is 0 Å². The van der Waals surface area contributed by atoms with Crippen LogP contribution in [0.15, 0.2) is 18.2 Å². The van der Waals surface area contributed by atoms with Gasteiger partial charge in [0.25, 0.3) is 0 Å². The number of carbonyl (C=O) groups is 2. The average Bonchev–Trinajstić information content (AvgIpc) is 2.29. The van der Waals surface area contributed by atoms with Gasteiger partial charge in [-0.2, -0.15) is 0 Å². The van der Waals surface area contributed by atoms with Crippen molar-refractivity contribution in [1.82, 2.24) is 5.32 Å². The summed E-state index contributed by atoms with van der Waals surface area (Å²) in [5.74, 6) is -2.11. The normalized spacial score (nSPS) is 9.82. The van der Waals surface area contributed by atoms with Crippen molar-refractivity contribution < 1.29 is 19.1 Å². The van der Waals surface area contributed by atoms with Crippen LogP contribution in [0.3, 0.4) is 0 Å². The summed E-state index contributed by atoms with van der Waals surface area (Å²) in [7, 11) is 0. The van der Waals surface area contributed by atoms with E-state index in [2.05, 4.69) is 10.6 Å². The maximum Gasteiger partial charge on any atom is 0.313 e. The minimum Gasteiger partial charge on any atom is -0.395 e. The van der Waals surface area contributed by atoms with Crippen LogP contribution in [0.4, 0.5) is 10.1 Å². The van der Waals surface area contributed by atoms with E-state index in [9.17, 15) is 14.0 Å². The number of halogens is 1. The minimum atomic E-state index is -0.854. The zero-order valence-electron chi connectivity index (χ0n) is 9.29. The fourth-order valence-electron chi connectivity index (χ4n) is 1.20. The third-order valence-corrected chi connectivity index (χ3v) is 2.04. The highest BCUT2D eigenvalue weighted by Gasteiger charge is 2.13. The monoisotopic (exact) mass is 240 g/mol. The molecule has 0 aliphatic carbocycles. The van der Waals surface area contributed by atoms with Crippen molar-refractivity contribution >= 4 is 17.5 Å². The molecule has 0 atom stereocenters. The zero-order valence-corrected chi connectivity index (χ0v) is 9.29. The lowest BCUT2D eigenvalue weighted by Crippen LogP contribution is -2.36. The predicted octanol–water partition coefficient (Wildman–Crippen LogP) is 0.181. The number of aliphatic hydroxyl groups is 1. The average molecular weight is 240 g/mol. The largest absolute Gasteiger partial charge is 0.395 e. The number of anilines is 1. The quantitative estimate of drug-likeness (QED) is 0.659. The molecule has 6 heteroatoms. The molecule has 0 saturated heterocycles. The van der Waals surface area contributed by atoms with Crippen molar-refractivity contribution in [2.75, 3.05) is 18.5 Å².